The summed E-state index contributed by atoms with van der Waals surface area (Å²) in [5, 5.41) is 4.17. The molecule has 0 aliphatic heterocycles. The maximum absolute atomic E-state index is 12.2. The minimum absolute atomic E-state index is 0.0815. The molecule has 2 rings (SSSR count). The highest BCUT2D eigenvalue weighted by molar-refractivity contribution is 5.97. The van der Waals surface area contributed by atoms with Gasteiger partial charge in [0.2, 0.25) is 0 Å². The number of ketones is 1. The molecule has 19 heavy (non-hydrogen) atoms. The van der Waals surface area contributed by atoms with Crippen LogP contribution in [0.5, 0.6) is 0 Å². The molecule has 1 aromatic carbocycles. The molecule has 0 amide bonds. The first-order valence-electron chi connectivity index (χ1n) is 6.53. The van der Waals surface area contributed by atoms with Crippen molar-refractivity contribution in [2.75, 3.05) is 0 Å². The molecule has 0 atom stereocenters. The van der Waals surface area contributed by atoms with E-state index in [0.29, 0.717) is 12.3 Å². The standard InChI is InChI=1S/C15H19N3O/c1-11(2)9-18-15(16-10-17-18)8-14(19)13-6-4-12(3)5-7-13/h4-7,10-11H,8-9H2,1-3H3. The van der Waals surface area contributed by atoms with E-state index in [9.17, 15) is 4.79 Å². The predicted octanol–water partition coefficient (Wildman–Crippen LogP) is 2.67. The number of hydrogen-bond acceptors (Lipinski definition) is 3. The third kappa shape index (κ3) is 3.50. The maximum atomic E-state index is 12.2. The zero-order valence-corrected chi connectivity index (χ0v) is 11.6. The maximum Gasteiger partial charge on any atom is 0.170 e. The van der Waals surface area contributed by atoms with Gasteiger partial charge in [-0.25, -0.2) is 9.67 Å². The van der Waals surface area contributed by atoms with Crippen molar-refractivity contribution in [2.45, 2.75) is 33.7 Å². The summed E-state index contributed by atoms with van der Waals surface area (Å²) in [5.74, 6) is 1.30. The van der Waals surface area contributed by atoms with Gasteiger partial charge in [0, 0.05) is 12.1 Å². The molecular formula is C15H19N3O. The fourth-order valence-corrected chi connectivity index (χ4v) is 1.91. The van der Waals surface area contributed by atoms with Crippen LogP contribution in [0.2, 0.25) is 0 Å². The van der Waals surface area contributed by atoms with Crippen LogP contribution in [-0.4, -0.2) is 20.5 Å². The number of benzene rings is 1. The van der Waals surface area contributed by atoms with Gasteiger partial charge in [0.05, 0.1) is 6.42 Å². The third-order valence-corrected chi connectivity index (χ3v) is 2.93. The second kappa shape index (κ2) is 5.78. The van der Waals surface area contributed by atoms with Crippen LogP contribution in [0.4, 0.5) is 0 Å². The zero-order chi connectivity index (χ0) is 13.8. The summed E-state index contributed by atoms with van der Waals surface area (Å²) >= 11 is 0. The summed E-state index contributed by atoms with van der Waals surface area (Å²) in [7, 11) is 0. The second-order valence-electron chi connectivity index (χ2n) is 5.22. The summed E-state index contributed by atoms with van der Waals surface area (Å²) in [4.78, 5) is 16.4. The molecule has 0 fully saturated rings. The Morgan fingerprint density at radius 3 is 2.58 bits per heavy atom. The molecule has 0 unspecified atom stereocenters. The van der Waals surface area contributed by atoms with E-state index >= 15 is 0 Å². The number of Topliss-reactive ketones (excluding diaryl/α,β-unsaturated/α-hetero) is 1. The van der Waals surface area contributed by atoms with Crippen molar-refractivity contribution in [1.29, 1.82) is 0 Å². The minimum atomic E-state index is 0.0815. The Balaban J connectivity index is 2.10. The highest BCUT2D eigenvalue weighted by Gasteiger charge is 2.12. The molecule has 100 valence electrons. The molecule has 1 heterocycles. The highest BCUT2D eigenvalue weighted by Crippen LogP contribution is 2.08. The molecular weight excluding hydrogens is 238 g/mol. The van der Waals surface area contributed by atoms with Crippen molar-refractivity contribution in [1.82, 2.24) is 14.8 Å². The average molecular weight is 257 g/mol. The van der Waals surface area contributed by atoms with E-state index in [0.717, 1.165) is 23.5 Å². The van der Waals surface area contributed by atoms with Gasteiger partial charge in [-0.1, -0.05) is 43.7 Å². The normalized spacial score (nSPS) is 10.9. The number of carbonyl (C=O) groups is 1. The SMILES string of the molecule is Cc1ccc(C(=O)Cc2ncnn2CC(C)C)cc1. The summed E-state index contributed by atoms with van der Waals surface area (Å²) in [6.45, 7) is 7.03. The molecule has 0 radical (unpaired) electrons. The first-order chi connectivity index (χ1) is 9.06. The Labute approximate surface area is 113 Å². The van der Waals surface area contributed by atoms with Gasteiger partial charge in [-0.15, -0.1) is 0 Å². The van der Waals surface area contributed by atoms with Crippen LogP contribution in [0.25, 0.3) is 0 Å². The first kappa shape index (κ1) is 13.5. The second-order valence-corrected chi connectivity index (χ2v) is 5.22. The number of aromatic nitrogens is 3. The average Bonchev–Trinajstić information content (AvgIpc) is 2.76. The molecule has 0 aliphatic carbocycles. The van der Waals surface area contributed by atoms with Gasteiger partial charge >= 0.3 is 0 Å². The molecule has 0 spiro atoms. The Morgan fingerprint density at radius 1 is 1.26 bits per heavy atom. The van der Waals surface area contributed by atoms with Crippen molar-refractivity contribution >= 4 is 5.78 Å². The van der Waals surface area contributed by atoms with Crippen molar-refractivity contribution in [3.05, 3.63) is 47.5 Å². The lowest BCUT2D eigenvalue weighted by Crippen LogP contribution is -2.14. The van der Waals surface area contributed by atoms with Crippen LogP contribution in [0.15, 0.2) is 30.6 Å². The number of rotatable bonds is 5. The number of aryl methyl sites for hydroxylation is 1. The van der Waals surface area contributed by atoms with Crippen molar-refractivity contribution in [2.24, 2.45) is 5.92 Å². The van der Waals surface area contributed by atoms with Gasteiger partial charge in [0.1, 0.15) is 12.2 Å². The van der Waals surface area contributed by atoms with Crippen LogP contribution >= 0.6 is 0 Å². The topological polar surface area (TPSA) is 47.8 Å². The Bertz CT molecular complexity index is 555. The van der Waals surface area contributed by atoms with Crippen molar-refractivity contribution in [3.63, 3.8) is 0 Å². The first-order valence-corrected chi connectivity index (χ1v) is 6.53. The van der Waals surface area contributed by atoms with Crippen LogP contribution < -0.4 is 0 Å². The molecule has 4 heteroatoms. The molecule has 0 N–H and O–H groups in total. The van der Waals surface area contributed by atoms with Crippen LogP contribution in [0, 0.1) is 12.8 Å². The molecule has 2 aromatic rings. The summed E-state index contributed by atoms with van der Waals surface area (Å²) in [6.07, 6.45) is 1.82. The lowest BCUT2D eigenvalue weighted by Gasteiger charge is -2.08. The van der Waals surface area contributed by atoms with E-state index in [-0.39, 0.29) is 5.78 Å². The van der Waals surface area contributed by atoms with E-state index in [2.05, 4.69) is 23.9 Å². The zero-order valence-electron chi connectivity index (χ0n) is 11.6. The van der Waals surface area contributed by atoms with Gasteiger partial charge in [0.25, 0.3) is 0 Å². The van der Waals surface area contributed by atoms with Crippen LogP contribution in [0.1, 0.15) is 35.6 Å². The fourth-order valence-electron chi connectivity index (χ4n) is 1.91. The van der Waals surface area contributed by atoms with E-state index in [1.807, 2.05) is 35.9 Å². The van der Waals surface area contributed by atoms with Crippen molar-refractivity contribution < 1.29 is 4.79 Å². The monoisotopic (exact) mass is 257 g/mol. The fraction of sp³-hybridized carbons (Fsp3) is 0.400. The van der Waals surface area contributed by atoms with E-state index < -0.39 is 0 Å². The van der Waals surface area contributed by atoms with E-state index in [4.69, 9.17) is 0 Å². The largest absolute Gasteiger partial charge is 0.294 e. The Hall–Kier alpha value is -1.97. The minimum Gasteiger partial charge on any atom is -0.294 e. The van der Waals surface area contributed by atoms with Gasteiger partial charge in [-0.2, -0.15) is 5.10 Å². The summed E-state index contributed by atoms with van der Waals surface area (Å²) in [5.41, 5.74) is 1.88. The quantitative estimate of drug-likeness (QED) is 0.774. The summed E-state index contributed by atoms with van der Waals surface area (Å²) < 4.78 is 1.82. The van der Waals surface area contributed by atoms with Gasteiger partial charge < -0.3 is 0 Å². The van der Waals surface area contributed by atoms with Gasteiger partial charge in [0.15, 0.2) is 5.78 Å². The molecule has 0 bridgehead atoms. The van der Waals surface area contributed by atoms with E-state index in [1.54, 1.807) is 0 Å². The van der Waals surface area contributed by atoms with Crippen LogP contribution in [-0.2, 0) is 13.0 Å². The molecule has 4 nitrogen and oxygen atoms in total. The van der Waals surface area contributed by atoms with E-state index in [1.165, 1.54) is 6.33 Å². The lowest BCUT2D eigenvalue weighted by molar-refractivity contribution is 0.0989. The summed E-state index contributed by atoms with van der Waals surface area (Å²) in [6, 6.07) is 7.62. The lowest BCUT2D eigenvalue weighted by atomic mass is 10.1. The number of hydrogen-bond donors (Lipinski definition) is 0. The highest BCUT2D eigenvalue weighted by atomic mass is 16.1. The Kier molecular flexibility index (Phi) is 4.10. The van der Waals surface area contributed by atoms with Gasteiger partial charge in [-0.05, 0) is 12.8 Å². The molecule has 0 saturated carbocycles. The third-order valence-electron chi connectivity index (χ3n) is 2.93. The van der Waals surface area contributed by atoms with Gasteiger partial charge in [-0.3, -0.25) is 4.79 Å². The van der Waals surface area contributed by atoms with Crippen molar-refractivity contribution in [3.8, 4) is 0 Å². The molecule has 1 aromatic heterocycles. The number of carbonyl (C=O) groups excluding carboxylic acids is 1. The molecule has 0 aliphatic rings. The predicted molar refractivity (Wildman–Crippen MR) is 74.1 cm³/mol. The molecule has 0 saturated heterocycles. The Morgan fingerprint density at radius 2 is 1.95 bits per heavy atom. The van der Waals surface area contributed by atoms with Crippen LogP contribution in [0.3, 0.4) is 0 Å². The smallest absolute Gasteiger partial charge is 0.170 e. The number of nitrogens with zero attached hydrogens (tertiary/aromatic N) is 3.